The summed E-state index contributed by atoms with van der Waals surface area (Å²) >= 11 is 0. The minimum Gasteiger partial charge on any atom is -0.394 e. The molecular formula is C23H19F3N2O3. The van der Waals surface area contributed by atoms with Crippen LogP contribution < -0.4 is 10.6 Å². The molecule has 0 aliphatic heterocycles. The van der Waals surface area contributed by atoms with E-state index in [9.17, 15) is 27.9 Å². The van der Waals surface area contributed by atoms with Crippen molar-refractivity contribution < 1.29 is 27.9 Å². The van der Waals surface area contributed by atoms with Crippen LogP contribution in [0.3, 0.4) is 0 Å². The van der Waals surface area contributed by atoms with Crippen LogP contribution >= 0.6 is 0 Å². The Morgan fingerprint density at radius 2 is 1.52 bits per heavy atom. The van der Waals surface area contributed by atoms with Gasteiger partial charge < -0.3 is 15.7 Å². The van der Waals surface area contributed by atoms with E-state index in [1.807, 2.05) is 30.3 Å². The molecular weight excluding hydrogens is 409 g/mol. The van der Waals surface area contributed by atoms with Crippen molar-refractivity contribution in [3.8, 4) is 11.1 Å². The second kappa shape index (κ2) is 9.44. The van der Waals surface area contributed by atoms with Crippen molar-refractivity contribution in [1.82, 2.24) is 5.32 Å². The van der Waals surface area contributed by atoms with E-state index in [2.05, 4.69) is 10.6 Å². The zero-order valence-corrected chi connectivity index (χ0v) is 16.2. The van der Waals surface area contributed by atoms with Gasteiger partial charge in [0, 0.05) is 11.3 Å². The molecule has 0 aliphatic rings. The Labute approximate surface area is 176 Å². The zero-order chi connectivity index (χ0) is 22.4. The number of alkyl halides is 3. The van der Waals surface area contributed by atoms with Gasteiger partial charge in [-0.05, 0) is 41.5 Å². The van der Waals surface area contributed by atoms with Crippen molar-refractivity contribution in [1.29, 1.82) is 0 Å². The molecule has 3 rings (SSSR count). The van der Waals surface area contributed by atoms with Crippen LogP contribution in [0.5, 0.6) is 0 Å². The van der Waals surface area contributed by atoms with Crippen LogP contribution in [0.1, 0.15) is 15.9 Å². The van der Waals surface area contributed by atoms with Gasteiger partial charge in [0.2, 0.25) is 5.91 Å². The third-order valence-electron chi connectivity index (χ3n) is 4.52. The van der Waals surface area contributed by atoms with Gasteiger partial charge in [-0.1, -0.05) is 48.5 Å². The van der Waals surface area contributed by atoms with Gasteiger partial charge in [-0.15, -0.1) is 0 Å². The number of anilines is 1. The lowest BCUT2D eigenvalue weighted by Crippen LogP contribution is -2.46. The number of rotatable bonds is 6. The molecule has 0 unspecified atom stereocenters. The van der Waals surface area contributed by atoms with Crippen LogP contribution in [0, 0.1) is 0 Å². The van der Waals surface area contributed by atoms with Crippen LogP contribution in [0.4, 0.5) is 18.9 Å². The standard InChI is InChI=1S/C23H19F3N2O3/c24-23(25,26)18-7-4-8-19(13-18)27-22(31)20(14-29)28-21(30)17-11-9-16(10-12-17)15-5-2-1-3-6-15/h1-13,20,29H,14H2,(H,27,31)(H,28,30)/t20-/m0/s1. The van der Waals surface area contributed by atoms with E-state index >= 15 is 0 Å². The number of aliphatic hydroxyl groups is 1. The monoisotopic (exact) mass is 428 g/mol. The molecule has 1 atom stereocenters. The lowest BCUT2D eigenvalue weighted by molar-refractivity contribution is -0.137. The zero-order valence-electron chi connectivity index (χ0n) is 16.2. The first-order chi connectivity index (χ1) is 14.8. The second-order valence-corrected chi connectivity index (χ2v) is 6.72. The average molecular weight is 428 g/mol. The third-order valence-corrected chi connectivity index (χ3v) is 4.52. The molecule has 0 spiro atoms. The van der Waals surface area contributed by atoms with E-state index in [4.69, 9.17) is 0 Å². The fourth-order valence-electron chi connectivity index (χ4n) is 2.88. The van der Waals surface area contributed by atoms with E-state index < -0.39 is 36.2 Å². The highest BCUT2D eigenvalue weighted by Crippen LogP contribution is 2.30. The Morgan fingerprint density at radius 1 is 0.871 bits per heavy atom. The first kappa shape index (κ1) is 22.0. The van der Waals surface area contributed by atoms with Crippen molar-refractivity contribution in [2.45, 2.75) is 12.2 Å². The number of nitrogens with one attached hydrogen (secondary N) is 2. The van der Waals surface area contributed by atoms with Gasteiger partial charge in [-0.2, -0.15) is 13.2 Å². The predicted molar refractivity (Wildman–Crippen MR) is 110 cm³/mol. The fraction of sp³-hybridized carbons (Fsp3) is 0.130. The molecule has 8 heteroatoms. The number of hydrogen-bond acceptors (Lipinski definition) is 3. The van der Waals surface area contributed by atoms with Gasteiger partial charge in [0.25, 0.3) is 5.91 Å². The maximum Gasteiger partial charge on any atom is 0.416 e. The summed E-state index contributed by atoms with van der Waals surface area (Å²) in [4.78, 5) is 24.8. The number of carbonyl (C=O) groups excluding carboxylic acids is 2. The third kappa shape index (κ3) is 5.70. The molecule has 0 radical (unpaired) electrons. The average Bonchev–Trinajstić information content (AvgIpc) is 2.77. The summed E-state index contributed by atoms with van der Waals surface area (Å²) in [5, 5.41) is 14.2. The molecule has 5 nitrogen and oxygen atoms in total. The molecule has 0 fully saturated rings. The second-order valence-electron chi connectivity index (χ2n) is 6.72. The molecule has 0 saturated carbocycles. The van der Waals surface area contributed by atoms with E-state index in [0.717, 1.165) is 29.3 Å². The molecule has 3 aromatic rings. The summed E-state index contributed by atoms with van der Waals surface area (Å²) in [6.45, 7) is -0.724. The summed E-state index contributed by atoms with van der Waals surface area (Å²) in [7, 11) is 0. The SMILES string of the molecule is O=C(N[C@@H](CO)C(=O)Nc1cccc(C(F)(F)F)c1)c1ccc(-c2ccccc2)cc1. The van der Waals surface area contributed by atoms with Gasteiger partial charge in [0.1, 0.15) is 6.04 Å². The van der Waals surface area contributed by atoms with Gasteiger partial charge in [0.15, 0.2) is 0 Å². The molecule has 0 saturated heterocycles. The van der Waals surface area contributed by atoms with Crippen molar-refractivity contribution >= 4 is 17.5 Å². The molecule has 160 valence electrons. The van der Waals surface area contributed by atoms with E-state index in [-0.39, 0.29) is 11.3 Å². The summed E-state index contributed by atoms with van der Waals surface area (Å²) in [5.74, 6) is -1.44. The molecule has 31 heavy (non-hydrogen) atoms. The summed E-state index contributed by atoms with van der Waals surface area (Å²) in [6, 6.07) is 18.9. The highest BCUT2D eigenvalue weighted by molar-refractivity contribution is 6.01. The van der Waals surface area contributed by atoms with Gasteiger partial charge in [-0.25, -0.2) is 0 Å². The van der Waals surface area contributed by atoms with Crippen molar-refractivity contribution in [2.75, 3.05) is 11.9 Å². The highest BCUT2D eigenvalue weighted by atomic mass is 19.4. The lowest BCUT2D eigenvalue weighted by Gasteiger charge is -2.17. The number of amides is 2. The number of benzene rings is 3. The Bertz CT molecular complexity index is 1050. The van der Waals surface area contributed by atoms with Crippen LogP contribution in [-0.2, 0) is 11.0 Å². The van der Waals surface area contributed by atoms with E-state index in [1.165, 1.54) is 6.07 Å². The number of carbonyl (C=O) groups is 2. The summed E-state index contributed by atoms with van der Waals surface area (Å²) in [5.41, 5.74) is 1.12. The molecule has 0 aliphatic carbocycles. The molecule has 3 N–H and O–H groups in total. The molecule has 2 amide bonds. The smallest absolute Gasteiger partial charge is 0.394 e. The van der Waals surface area contributed by atoms with Gasteiger partial charge in [-0.3, -0.25) is 9.59 Å². The maximum absolute atomic E-state index is 12.8. The fourth-order valence-corrected chi connectivity index (χ4v) is 2.88. The maximum atomic E-state index is 12.8. The number of halogens is 3. The van der Waals surface area contributed by atoms with Crippen molar-refractivity contribution in [3.05, 3.63) is 90.0 Å². The Kier molecular flexibility index (Phi) is 6.71. The largest absolute Gasteiger partial charge is 0.416 e. The van der Waals surface area contributed by atoms with Gasteiger partial charge in [0.05, 0.1) is 12.2 Å². The van der Waals surface area contributed by atoms with Crippen molar-refractivity contribution in [2.24, 2.45) is 0 Å². The van der Waals surface area contributed by atoms with Crippen LogP contribution in [0.25, 0.3) is 11.1 Å². The minimum absolute atomic E-state index is 0.0975. The number of aliphatic hydroxyl groups excluding tert-OH is 1. The topological polar surface area (TPSA) is 78.4 Å². The summed E-state index contributed by atoms with van der Waals surface area (Å²) in [6.07, 6.45) is -4.56. The van der Waals surface area contributed by atoms with Crippen LogP contribution in [-0.4, -0.2) is 29.6 Å². The van der Waals surface area contributed by atoms with Crippen LogP contribution in [0.2, 0.25) is 0 Å². The minimum atomic E-state index is -4.56. The Morgan fingerprint density at radius 3 is 2.13 bits per heavy atom. The predicted octanol–water partition coefficient (Wildman–Crippen LogP) is 4.10. The first-order valence-electron chi connectivity index (χ1n) is 9.33. The van der Waals surface area contributed by atoms with E-state index in [1.54, 1.807) is 24.3 Å². The van der Waals surface area contributed by atoms with Crippen molar-refractivity contribution in [3.63, 3.8) is 0 Å². The molecule has 0 bridgehead atoms. The summed E-state index contributed by atoms with van der Waals surface area (Å²) < 4.78 is 38.5. The Hall–Kier alpha value is -3.65. The Balaban J connectivity index is 1.66. The normalized spacial score (nSPS) is 12.1. The molecule has 0 heterocycles. The highest BCUT2D eigenvalue weighted by Gasteiger charge is 2.30. The first-order valence-corrected chi connectivity index (χ1v) is 9.33. The van der Waals surface area contributed by atoms with E-state index in [0.29, 0.717) is 0 Å². The molecule has 0 aromatic heterocycles. The lowest BCUT2D eigenvalue weighted by atomic mass is 10.0. The van der Waals surface area contributed by atoms with Crippen LogP contribution in [0.15, 0.2) is 78.9 Å². The number of hydrogen-bond donors (Lipinski definition) is 3. The molecule has 3 aromatic carbocycles. The van der Waals surface area contributed by atoms with Gasteiger partial charge >= 0.3 is 6.18 Å². The quantitative estimate of drug-likeness (QED) is 0.553.